The zero-order valence-corrected chi connectivity index (χ0v) is 11.6. The van der Waals surface area contributed by atoms with E-state index in [4.69, 9.17) is 22.1 Å². The molecule has 1 aromatic rings. The van der Waals surface area contributed by atoms with Gasteiger partial charge in [0.05, 0.1) is 11.1 Å². The first kappa shape index (κ1) is 13.7. The zero-order valence-electron chi connectivity index (χ0n) is 10.8. The first-order chi connectivity index (χ1) is 8.81. The van der Waals surface area contributed by atoms with Gasteiger partial charge in [-0.15, -0.1) is 0 Å². The fraction of sp³-hybridized carbons (Fsp3) is 0.600. The largest absolute Gasteiger partial charge is 0.489 e. The van der Waals surface area contributed by atoms with E-state index in [-0.39, 0.29) is 0 Å². The average Bonchev–Trinajstić information content (AvgIpc) is 2.62. The predicted molar refractivity (Wildman–Crippen MR) is 76.3 cm³/mol. The molecule has 3 heteroatoms. The van der Waals surface area contributed by atoms with Gasteiger partial charge in [-0.2, -0.15) is 0 Å². The molecule has 1 aromatic carbocycles. The molecule has 1 fully saturated rings. The molecule has 2 N–H and O–H groups in total. The number of hydrogen-bond acceptors (Lipinski definition) is 2. The summed E-state index contributed by atoms with van der Waals surface area (Å²) in [6, 6.07) is 5.92. The van der Waals surface area contributed by atoms with Crippen molar-refractivity contribution in [3.8, 4) is 5.75 Å². The van der Waals surface area contributed by atoms with E-state index in [2.05, 4.69) is 6.07 Å². The Morgan fingerprint density at radius 3 is 2.56 bits per heavy atom. The maximum atomic E-state index is 6.26. The second kappa shape index (κ2) is 7.01. The smallest absolute Gasteiger partial charge is 0.141 e. The highest BCUT2D eigenvalue weighted by atomic mass is 35.5. The van der Waals surface area contributed by atoms with Crippen molar-refractivity contribution in [2.75, 3.05) is 6.54 Å². The van der Waals surface area contributed by atoms with Crippen LogP contribution >= 0.6 is 11.6 Å². The molecular formula is C15H22ClNO. The summed E-state index contributed by atoms with van der Waals surface area (Å²) in [5, 5.41) is 0.713. The monoisotopic (exact) mass is 267 g/mol. The first-order valence-corrected chi connectivity index (χ1v) is 7.33. The third-order valence-electron chi connectivity index (χ3n) is 3.55. The minimum absolute atomic E-state index is 0.323. The highest BCUT2D eigenvalue weighted by molar-refractivity contribution is 6.32. The first-order valence-electron chi connectivity index (χ1n) is 6.95. The standard InChI is InChI=1S/C15H22ClNO/c16-14-9-5-6-12(10-11-17)15(14)18-13-7-3-1-2-4-8-13/h5-6,9,13H,1-4,7-8,10-11,17H2. The summed E-state index contributed by atoms with van der Waals surface area (Å²) >= 11 is 6.26. The lowest BCUT2D eigenvalue weighted by atomic mass is 10.1. The molecule has 0 atom stereocenters. The van der Waals surface area contributed by atoms with E-state index in [0.29, 0.717) is 17.7 Å². The topological polar surface area (TPSA) is 35.2 Å². The van der Waals surface area contributed by atoms with Gasteiger partial charge in [-0.25, -0.2) is 0 Å². The Labute approximate surface area is 114 Å². The van der Waals surface area contributed by atoms with Gasteiger partial charge in [0.25, 0.3) is 0 Å². The van der Waals surface area contributed by atoms with Crippen molar-refractivity contribution in [3.63, 3.8) is 0 Å². The van der Waals surface area contributed by atoms with E-state index in [0.717, 1.165) is 30.6 Å². The van der Waals surface area contributed by atoms with Gasteiger partial charge in [-0.05, 0) is 50.3 Å². The molecule has 1 saturated carbocycles. The number of hydrogen-bond donors (Lipinski definition) is 1. The van der Waals surface area contributed by atoms with Crippen molar-refractivity contribution in [2.24, 2.45) is 5.73 Å². The maximum Gasteiger partial charge on any atom is 0.141 e. The summed E-state index contributed by atoms with van der Waals surface area (Å²) in [4.78, 5) is 0. The molecule has 0 bridgehead atoms. The summed E-state index contributed by atoms with van der Waals surface area (Å²) in [5.41, 5.74) is 6.77. The molecule has 18 heavy (non-hydrogen) atoms. The third kappa shape index (κ3) is 3.63. The average molecular weight is 268 g/mol. The zero-order chi connectivity index (χ0) is 12.8. The molecular weight excluding hydrogens is 246 g/mol. The summed E-state index contributed by atoms with van der Waals surface area (Å²) in [5.74, 6) is 0.858. The van der Waals surface area contributed by atoms with Crippen LogP contribution in [-0.4, -0.2) is 12.6 Å². The van der Waals surface area contributed by atoms with Gasteiger partial charge >= 0.3 is 0 Å². The van der Waals surface area contributed by atoms with Gasteiger partial charge in [-0.1, -0.05) is 36.6 Å². The molecule has 0 heterocycles. The van der Waals surface area contributed by atoms with Crippen molar-refractivity contribution in [3.05, 3.63) is 28.8 Å². The fourth-order valence-electron chi connectivity index (χ4n) is 2.56. The van der Waals surface area contributed by atoms with Crippen molar-refractivity contribution in [1.29, 1.82) is 0 Å². The van der Waals surface area contributed by atoms with Gasteiger partial charge in [0.1, 0.15) is 5.75 Å². The Balaban J connectivity index is 2.10. The molecule has 0 amide bonds. The van der Waals surface area contributed by atoms with Crippen LogP contribution in [0.3, 0.4) is 0 Å². The second-order valence-electron chi connectivity index (χ2n) is 5.00. The molecule has 0 unspecified atom stereocenters. The van der Waals surface area contributed by atoms with Crippen molar-refractivity contribution in [2.45, 2.75) is 51.0 Å². The van der Waals surface area contributed by atoms with E-state index in [1.165, 1.54) is 25.7 Å². The van der Waals surface area contributed by atoms with Gasteiger partial charge < -0.3 is 10.5 Å². The molecule has 0 radical (unpaired) electrons. The number of para-hydroxylation sites is 1. The summed E-state index contributed by atoms with van der Waals surface area (Å²) in [6.45, 7) is 0.626. The van der Waals surface area contributed by atoms with Crippen LogP contribution in [0.2, 0.25) is 5.02 Å². The highest BCUT2D eigenvalue weighted by Crippen LogP contribution is 2.32. The number of nitrogens with two attached hydrogens (primary N) is 1. The van der Waals surface area contributed by atoms with Gasteiger partial charge in [-0.3, -0.25) is 0 Å². The molecule has 2 rings (SSSR count). The number of rotatable bonds is 4. The van der Waals surface area contributed by atoms with Crippen molar-refractivity contribution >= 4 is 11.6 Å². The van der Waals surface area contributed by atoms with Crippen LogP contribution in [0.15, 0.2) is 18.2 Å². The Kier molecular flexibility index (Phi) is 5.33. The van der Waals surface area contributed by atoms with Crippen molar-refractivity contribution < 1.29 is 4.74 Å². The Morgan fingerprint density at radius 1 is 1.17 bits per heavy atom. The minimum Gasteiger partial charge on any atom is -0.489 e. The van der Waals surface area contributed by atoms with Gasteiger partial charge in [0, 0.05) is 0 Å². The van der Waals surface area contributed by atoms with E-state index < -0.39 is 0 Å². The molecule has 1 aliphatic carbocycles. The Bertz CT molecular complexity index is 373. The van der Waals surface area contributed by atoms with Crippen LogP contribution in [0, 0.1) is 0 Å². The maximum absolute atomic E-state index is 6.26. The predicted octanol–water partition coefficient (Wildman–Crippen LogP) is 3.94. The Morgan fingerprint density at radius 2 is 1.89 bits per heavy atom. The van der Waals surface area contributed by atoms with E-state index >= 15 is 0 Å². The van der Waals surface area contributed by atoms with Crippen LogP contribution in [0.25, 0.3) is 0 Å². The fourth-order valence-corrected chi connectivity index (χ4v) is 2.80. The molecule has 0 aliphatic heterocycles. The summed E-state index contributed by atoms with van der Waals surface area (Å²) in [7, 11) is 0. The Hall–Kier alpha value is -0.730. The normalized spacial score (nSPS) is 17.4. The lowest BCUT2D eigenvalue weighted by molar-refractivity contribution is 0.182. The summed E-state index contributed by atoms with van der Waals surface area (Å²) in [6.07, 6.45) is 8.63. The van der Waals surface area contributed by atoms with Gasteiger partial charge in [0.15, 0.2) is 0 Å². The highest BCUT2D eigenvalue weighted by Gasteiger charge is 2.17. The lowest BCUT2D eigenvalue weighted by Crippen LogP contribution is -2.17. The van der Waals surface area contributed by atoms with Crippen molar-refractivity contribution in [1.82, 2.24) is 0 Å². The molecule has 1 aliphatic rings. The number of halogens is 1. The van der Waals surface area contributed by atoms with Gasteiger partial charge in [0.2, 0.25) is 0 Å². The van der Waals surface area contributed by atoms with Crippen LogP contribution in [-0.2, 0) is 6.42 Å². The number of ether oxygens (including phenoxy) is 1. The third-order valence-corrected chi connectivity index (χ3v) is 3.85. The molecule has 0 spiro atoms. The van der Waals surface area contributed by atoms with E-state index in [9.17, 15) is 0 Å². The second-order valence-corrected chi connectivity index (χ2v) is 5.41. The SMILES string of the molecule is NCCc1cccc(Cl)c1OC1CCCCCC1. The van der Waals surface area contributed by atoms with E-state index in [1.807, 2.05) is 12.1 Å². The van der Waals surface area contributed by atoms with Crippen LogP contribution < -0.4 is 10.5 Å². The molecule has 0 saturated heterocycles. The minimum atomic E-state index is 0.323. The quantitative estimate of drug-likeness (QED) is 0.839. The van der Waals surface area contributed by atoms with Crippen LogP contribution in [0.1, 0.15) is 44.1 Å². The number of benzene rings is 1. The van der Waals surface area contributed by atoms with Crippen LogP contribution in [0.5, 0.6) is 5.75 Å². The molecule has 100 valence electrons. The molecule has 2 nitrogen and oxygen atoms in total. The lowest BCUT2D eigenvalue weighted by Gasteiger charge is -2.20. The summed E-state index contributed by atoms with van der Waals surface area (Å²) < 4.78 is 6.16. The molecule has 0 aromatic heterocycles. The van der Waals surface area contributed by atoms with E-state index in [1.54, 1.807) is 0 Å². The van der Waals surface area contributed by atoms with Crippen LogP contribution in [0.4, 0.5) is 0 Å².